The number of hydrogen-bond acceptors (Lipinski definition) is 1. The molecule has 0 spiro atoms. The summed E-state index contributed by atoms with van der Waals surface area (Å²) in [4.78, 5) is 0. The molecule has 1 nitrogen and oxygen atoms in total. The predicted molar refractivity (Wildman–Crippen MR) is 61.0 cm³/mol. The Bertz CT molecular complexity index is 373. The van der Waals surface area contributed by atoms with E-state index in [-0.39, 0.29) is 6.42 Å². The molecule has 1 aromatic rings. The zero-order valence-electron chi connectivity index (χ0n) is 10.2. The topological polar surface area (TPSA) is 20.2 Å². The second-order valence-corrected chi connectivity index (χ2v) is 4.55. The molecule has 0 aromatic heterocycles. The van der Waals surface area contributed by atoms with E-state index in [1.54, 1.807) is 0 Å². The highest BCUT2D eigenvalue weighted by Gasteiger charge is 2.31. The van der Waals surface area contributed by atoms with Crippen LogP contribution in [0.4, 0.5) is 13.2 Å². The molecule has 1 unspecified atom stereocenters. The normalized spacial score (nSPS) is 13.8. The van der Waals surface area contributed by atoms with Crippen LogP contribution in [0.25, 0.3) is 0 Å². The van der Waals surface area contributed by atoms with Gasteiger partial charge in [-0.1, -0.05) is 17.7 Å². The lowest BCUT2D eigenvalue weighted by Gasteiger charge is -2.17. The van der Waals surface area contributed by atoms with Crippen molar-refractivity contribution in [2.45, 2.75) is 45.9 Å². The molecular formula is C13H17F3O. The quantitative estimate of drug-likeness (QED) is 0.865. The smallest absolute Gasteiger partial charge is 0.391 e. The molecule has 4 heteroatoms. The Morgan fingerprint density at radius 1 is 1.12 bits per heavy atom. The Kier molecular flexibility index (Phi) is 4.20. The molecule has 0 radical (unpaired) electrons. The van der Waals surface area contributed by atoms with Crippen LogP contribution < -0.4 is 0 Å². The molecule has 0 saturated carbocycles. The molecule has 0 heterocycles. The van der Waals surface area contributed by atoms with Gasteiger partial charge in [-0.2, -0.15) is 13.2 Å². The fraction of sp³-hybridized carbons (Fsp3) is 0.538. The van der Waals surface area contributed by atoms with Gasteiger partial charge in [-0.15, -0.1) is 0 Å². The van der Waals surface area contributed by atoms with E-state index in [0.29, 0.717) is 0 Å². The molecule has 17 heavy (non-hydrogen) atoms. The average Bonchev–Trinajstić information content (AvgIpc) is 2.08. The summed E-state index contributed by atoms with van der Waals surface area (Å²) < 4.78 is 36.3. The zero-order valence-corrected chi connectivity index (χ0v) is 10.2. The lowest BCUT2D eigenvalue weighted by molar-refractivity contribution is -0.153. The molecule has 0 bridgehead atoms. The van der Waals surface area contributed by atoms with E-state index in [0.717, 1.165) is 22.3 Å². The summed E-state index contributed by atoms with van der Waals surface area (Å²) in [7, 11) is 0. The minimum atomic E-state index is -4.31. The van der Waals surface area contributed by atoms with Gasteiger partial charge in [0.15, 0.2) is 0 Å². The summed E-state index contributed by atoms with van der Waals surface area (Å²) in [5.74, 6) is 0. The molecule has 1 N–H and O–H groups in total. The van der Waals surface area contributed by atoms with Gasteiger partial charge in [0.05, 0.1) is 12.5 Å². The van der Waals surface area contributed by atoms with Crippen molar-refractivity contribution in [2.24, 2.45) is 0 Å². The Hall–Kier alpha value is -1.03. The number of aliphatic hydroxyl groups is 1. The number of hydrogen-bond donors (Lipinski definition) is 1. The average molecular weight is 246 g/mol. The van der Waals surface area contributed by atoms with Gasteiger partial charge in [-0.3, -0.25) is 0 Å². The highest BCUT2D eigenvalue weighted by Crippen LogP contribution is 2.25. The minimum absolute atomic E-state index is 0.0530. The lowest BCUT2D eigenvalue weighted by Crippen LogP contribution is -2.22. The van der Waals surface area contributed by atoms with Crippen LogP contribution in [0.2, 0.25) is 0 Å². The third kappa shape index (κ3) is 4.38. The number of aryl methyl sites for hydroxylation is 3. The van der Waals surface area contributed by atoms with Crippen molar-refractivity contribution >= 4 is 0 Å². The van der Waals surface area contributed by atoms with E-state index < -0.39 is 18.7 Å². The third-order valence-electron chi connectivity index (χ3n) is 2.75. The first-order valence-corrected chi connectivity index (χ1v) is 5.50. The molecule has 0 saturated heterocycles. The van der Waals surface area contributed by atoms with Crippen molar-refractivity contribution in [1.82, 2.24) is 0 Å². The van der Waals surface area contributed by atoms with Crippen LogP contribution in [0.15, 0.2) is 12.1 Å². The van der Waals surface area contributed by atoms with Crippen LogP contribution in [-0.2, 0) is 6.42 Å². The fourth-order valence-electron chi connectivity index (χ4n) is 2.11. The maximum Gasteiger partial charge on any atom is 0.391 e. The van der Waals surface area contributed by atoms with Gasteiger partial charge in [-0.05, 0) is 43.9 Å². The highest BCUT2D eigenvalue weighted by atomic mass is 19.4. The molecule has 1 rings (SSSR count). The van der Waals surface area contributed by atoms with Gasteiger partial charge in [0, 0.05) is 0 Å². The van der Waals surface area contributed by atoms with E-state index in [1.165, 1.54) is 0 Å². The number of aliphatic hydroxyl groups excluding tert-OH is 1. The van der Waals surface area contributed by atoms with Crippen molar-refractivity contribution in [3.63, 3.8) is 0 Å². The van der Waals surface area contributed by atoms with Crippen molar-refractivity contribution in [2.75, 3.05) is 0 Å². The number of rotatable bonds is 3. The molecule has 1 aromatic carbocycles. The van der Waals surface area contributed by atoms with Crippen LogP contribution in [0.3, 0.4) is 0 Å². The Labute approximate surface area is 99.3 Å². The Balaban J connectivity index is 2.82. The second kappa shape index (κ2) is 5.08. The Morgan fingerprint density at radius 3 is 2.00 bits per heavy atom. The molecular weight excluding hydrogens is 229 g/mol. The standard InChI is InChI=1S/C13H17F3O/c1-8-4-9(2)12(10(3)5-8)6-11(17)7-13(14,15)16/h4-5,11,17H,6-7H2,1-3H3. The SMILES string of the molecule is Cc1cc(C)c(CC(O)CC(F)(F)F)c(C)c1. The first kappa shape index (κ1) is 14.0. The van der Waals surface area contributed by atoms with Crippen molar-refractivity contribution in [3.8, 4) is 0 Å². The summed E-state index contributed by atoms with van der Waals surface area (Å²) in [6.45, 7) is 5.65. The van der Waals surface area contributed by atoms with Gasteiger partial charge in [-0.25, -0.2) is 0 Å². The van der Waals surface area contributed by atoms with Crippen LogP contribution in [0.5, 0.6) is 0 Å². The molecule has 96 valence electrons. The first-order chi connectivity index (χ1) is 7.69. The second-order valence-electron chi connectivity index (χ2n) is 4.55. The number of benzene rings is 1. The minimum Gasteiger partial charge on any atom is -0.392 e. The molecule has 0 aliphatic heterocycles. The Morgan fingerprint density at radius 2 is 1.59 bits per heavy atom. The maximum atomic E-state index is 12.1. The van der Waals surface area contributed by atoms with Gasteiger partial charge in [0.25, 0.3) is 0 Å². The third-order valence-corrected chi connectivity index (χ3v) is 2.75. The largest absolute Gasteiger partial charge is 0.392 e. The molecule has 0 aliphatic rings. The zero-order chi connectivity index (χ0) is 13.2. The van der Waals surface area contributed by atoms with Crippen LogP contribution in [0.1, 0.15) is 28.7 Å². The van der Waals surface area contributed by atoms with Gasteiger partial charge < -0.3 is 5.11 Å². The van der Waals surface area contributed by atoms with E-state index in [4.69, 9.17) is 0 Å². The number of alkyl halides is 3. The summed E-state index contributed by atoms with van der Waals surface area (Å²) in [5, 5.41) is 9.44. The molecule has 0 amide bonds. The molecule has 0 fully saturated rings. The van der Waals surface area contributed by atoms with Crippen LogP contribution >= 0.6 is 0 Å². The van der Waals surface area contributed by atoms with Crippen LogP contribution in [0, 0.1) is 20.8 Å². The van der Waals surface area contributed by atoms with Gasteiger partial charge in [0.1, 0.15) is 0 Å². The fourth-order valence-corrected chi connectivity index (χ4v) is 2.11. The lowest BCUT2D eigenvalue weighted by atomic mass is 9.94. The van der Waals surface area contributed by atoms with E-state index in [9.17, 15) is 18.3 Å². The monoisotopic (exact) mass is 246 g/mol. The van der Waals surface area contributed by atoms with E-state index >= 15 is 0 Å². The highest BCUT2D eigenvalue weighted by molar-refractivity contribution is 5.37. The van der Waals surface area contributed by atoms with Crippen LogP contribution in [-0.4, -0.2) is 17.4 Å². The van der Waals surface area contributed by atoms with Crippen molar-refractivity contribution in [3.05, 3.63) is 34.4 Å². The van der Waals surface area contributed by atoms with Crippen molar-refractivity contribution in [1.29, 1.82) is 0 Å². The summed E-state index contributed by atoms with van der Waals surface area (Å²) in [6.07, 6.45) is -6.78. The van der Waals surface area contributed by atoms with E-state index in [2.05, 4.69) is 0 Å². The maximum absolute atomic E-state index is 12.1. The summed E-state index contributed by atoms with van der Waals surface area (Å²) >= 11 is 0. The molecule has 1 atom stereocenters. The number of halogens is 3. The van der Waals surface area contributed by atoms with E-state index in [1.807, 2.05) is 32.9 Å². The predicted octanol–water partition coefficient (Wildman–Crippen LogP) is 3.47. The van der Waals surface area contributed by atoms with Crippen molar-refractivity contribution < 1.29 is 18.3 Å². The summed E-state index contributed by atoms with van der Waals surface area (Å²) in [6, 6.07) is 3.84. The van der Waals surface area contributed by atoms with Gasteiger partial charge >= 0.3 is 6.18 Å². The first-order valence-electron chi connectivity index (χ1n) is 5.50. The molecule has 0 aliphatic carbocycles. The van der Waals surface area contributed by atoms with Gasteiger partial charge in [0.2, 0.25) is 0 Å². The summed E-state index contributed by atoms with van der Waals surface area (Å²) in [5.41, 5.74) is 3.76.